The van der Waals surface area contributed by atoms with Crippen LogP contribution in [0.15, 0.2) is 23.1 Å². The van der Waals surface area contributed by atoms with E-state index in [1.54, 1.807) is 18.2 Å². The lowest BCUT2D eigenvalue weighted by molar-refractivity contribution is -0.0265. The molecule has 1 saturated heterocycles. The average molecular weight is 426 g/mol. The van der Waals surface area contributed by atoms with Crippen LogP contribution in [0.3, 0.4) is 0 Å². The number of amides is 1. The first-order valence-electron chi connectivity index (χ1n) is 8.83. The van der Waals surface area contributed by atoms with E-state index in [4.69, 9.17) is 9.47 Å². The molecule has 142 valence electrons. The number of aliphatic hydroxyl groups is 1. The number of halogens is 1. The van der Waals surface area contributed by atoms with Gasteiger partial charge >= 0.3 is 6.09 Å². The third-order valence-corrected chi connectivity index (χ3v) is 5.44. The molecule has 0 unspecified atom stereocenters. The number of methoxy groups -OCH3 is 1. The minimum atomic E-state index is -1.07. The molecule has 0 aliphatic carbocycles. The summed E-state index contributed by atoms with van der Waals surface area (Å²) in [7, 11) is 1.58. The van der Waals surface area contributed by atoms with Gasteiger partial charge in [-0.05, 0) is 35.2 Å². The van der Waals surface area contributed by atoms with Gasteiger partial charge in [-0.3, -0.25) is 4.40 Å². The van der Waals surface area contributed by atoms with Crippen LogP contribution in [0.4, 0.5) is 4.79 Å². The number of ether oxygens (including phenoxy) is 2. The first kappa shape index (κ1) is 19.0. The number of nitrogens with zero attached hydrogens (tertiary/aromatic N) is 3. The van der Waals surface area contributed by atoms with Crippen LogP contribution in [-0.4, -0.2) is 52.3 Å². The molecule has 1 aliphatic heterocycles. The first-order valence-corrected chi connectivity index (χ1v) is 9.63. The summed E-state index contributed by atoms with van der Waals surface area (Å²) in [5, 5.41) is 11.2. The molecular weight excluding hydrogens is 402 g/mol. The number of aromatic nitrogens is 2. The predicted octanol–water partition coefficient (Wildman–Crippen LogP) is 3.33. The second-order valence-electron chi connectivity index (χ2n) is 6.55. The summed E-state index contributed by atoms with van der Waals surface area (Å²) in [6.07, 6.45) is 5.94. The van der Waals surface area contributed by atoms with Gasteiger partial charge < -0.3 is 19.5 Å². The molecule has 0 bridgehead atoms. The molecular formula is C18H24BrN3O4. The summed E-state index contributed by atoms with van der Waals surface area (Å²) in [5.74, 6) is 0.595. The van der Waals surface area contributed by atoms with E-state index < -0.39 is 5.60 Å². The maximum Gasteiger partial charge on any atom is 0.409 e. The highest BCUT2D eigenvalue weighted by Gasteiger charge is 2.38. The number of piperidine rings is 1. The van der Waals surface area contributed by atoms with E-state index in [0.717, 1.165) is 23.1 Å². The molecule has 0 atom stereocenters. The van der Waals surface area contributed by atoms with Crippen molar-refractivity contribution in [2.24, 2.45) is 0 Å². The Kier molecular flexibility index (Phi) is 5.72. The van der Waals surface area contributed by atoms with Gasteiger partial charge in [0, 0.05) is 30.9 Å². The lowest BCUT2D eigenvalue weighted by Crippen LogP contribution is -2.45. The number of pyridine rings is 1. The number of imidazole rings is 1. The van der Waals surface area contributed by atoms with Crippen LogP contribution in [0.1, 0.15) is 38.2 Å². The molecule has 3 heterocycles. The number of unbranched alkanes of at least 4 members (excludes halogenated alkanes) is 1. The molecule has 3 rings (SSSR count). The topological polar surface area (TPSA) is 76.3 Å². The van der Waals surface area contributed by atoms with Gasteiger partial charge in [-0.25, -0.2) is 9.78 Å². The zero-order valence-electron chi connectivity index (χ0n) is 15.1. The van der Waals surface area contributed by atoms with Crippen molar-refractivity contribution in [1.29, 1.82) is 0 Å². The Morgan fingerprint density at radius 3 is 2.81 bits per heavy atom. The van der Waals surface area contributed by atoms with Crippen LogP contribution < -0.4 is 4.74 Å². The van der Waals surface area contributed by atoms with Crippen LogP contribution in [0.5, 0.6) is 5.75 Å². The third kappa shape index (κ3) is 3.66. The highest BCUT2D eigenvalue weighted by atomic mass is 79.9. The van der Waals surface area contributed by atoms with E-state index in [1.165, 1.54) is 0 Å². The summed E-state index contributed by atoms with van der Waals surface area (Å²) in [6, 6.07) is 1.81. The van der Waals surface area contributed by atoms with Crippen molar-refractivity contribution in [3.8, 4) is 5.75 Å². The van der Waals surface area contributed by atoms with Crippen LogP contribution >= 0.6 is 15.9 Å². The molecule has 2 aromatic rings. The zero-order valence-corrected chi connectivity index (χ0v) is 16.7. The minimum Gasteiger partial charge on any atom is -0.496 e. The van der Waals surface area contributed by atoms with E-state index in [0.29, 0.717) is 43.9 Å². The Hall–Kier alpha value is -1.80. The molecule has 8 heteroatoms. The van der Waals surface area contributed by atoms with Gasteiger partial charge in [-0.15, -0.1) is 0 Å². The largest absolute Gasteiger partial charge is 0.496 e. The Balaban J connectivity index is 1.77. The molecule has 2 aromatic heterocycles. The summed E-state index contributed by atoms with van der Waals surface area (Å²) >= 11 is 3.46. The quantitative estimate of drug-likeness (QED) is 0.743. The third-order valence-electron chi connectivity index (χ3n) is 4.86. The minimum absolute atomic E-state index is 0.305. The maximum atomic E-state index is 12.1. The molecule has 0 aromatic carbocycles. The van der Waals surface area contributed by atoms with Gasteiger partial charge in [0.1, 0.15) is 16.0 Å². The van der Waals surface area contributed by atoms with E-state index >= 15 is 0 Å². The number of likely N-dealkylation sites (tertiary alicyclic amines) is 1. The summed E-state index contributed by atoms with van der Waals surface area (Å²) in [6.45, 7) is 3.37. The molecule has 1 fully saturated rings. The van der Waals surface area contributed by atoms with E-state index in [9.17, 15) is 9.90 Å². The standard InChI is InChI=1S/C18H24BrN3O4/c1-3-4-9-26-17(23)21-7-5-18(24,6-8-21)13-12-22-15(19)11-20-16(22)10-14(13)25-2/h10-12,24H,3-9H2,1-2H3. The number of rotatable bonds is 5. The van der Waals surface area contributed by atoms with Crippen LogP contribution in [-0.2, 0) is 10.3 Å². The fourth-order valence-corrected chi connectivity index (χ4v) is 3.60. The molecule has 0 radical (unpaired) electrons. The van der Waals surface area contributed by atoms with Crippen molar-refractivity contribution < 1.29 is 19.4 Å². The van der Waals surface area contributed by atoms with Crippen molar-refractivity contribution in [1.82, 2.24) is 14.3 Å². The van der Waals surface area contributed by atoms with Gasteiger partial charge in [0.05, 0.1) is 25.5 Å². The average Bonchev–Trinajstić information content (AvgIpc) is 3.01. The molecule has 1 aliphatic rings. The Morgan fingerprint density at radius 1 is 1.42 bits per heavy atom. The number of fused-ring (bicyclic) bond motifs is 1. The molecule has 7 nitrogen and oxygen atoms in total. The van der Waals surface area contributed by atoms with Gasteiger partial charge in [-0.2, -0.15) is 0 Å². The summed E-state index contributed by atoms with van der Waals surface area (Å²) in [5.41, 5.74) is 0.368. The van der Waals surface area contributed by atoms with Crippen molar-refractivity contribution in [3.05, 3.63) is 28.6 Å². The lowest BCUT2D eigenvalue weighted by atomic mass is 9.85. The fraction of sp³-hybridized carbons (Fsp3) is 0.556. The number of hydrogen-bond acceptors (Lipinski definition) is 5. The van der Waals surface area contributed by atoms with Crippen molar-refractivity contribution in [3.63, 3.8) is 0 Å². The number of carbonyl (C=O) groups is 1. The normalized spacial score (nSPS) is 16.7. The van der Waals surface area contributed by atoms with Crippen molar-refractivity contribution in [2.75, 3.05) is 26.8 Å². The zero-order chi connectivity index (χ0) is 18.7. The first-order chi connectivity index (χ1) is 12.5. The Bertz CT molecular complexity index is 784. The van der Waals surface area contributed by atoms with E-state index in [1.807, 2.05) is 16.7 Å². The van der Waals surface area contributed by atoms with E-state index in [-0.39, 0.29) is 6.09 Å². The van der Waals surface area contributed by atoms with Gasteiger partial charge in [-0.1, -0.05) is 13.3 Å². The van der Waals surface area contributed by atoms with Crippen LogP contribution in [0.2, 0.25) is 0 Å². The molecule has 0 spiro atoms. The molecule has 0 saturated carbocycles. The second kappa shape index (κ2) is 7.84. The predicted molar refractivity (Wildman–Crippen MR) is 100 cm³/mol. The summed E-state index contributed by atoms with van der Waals surface area (Å²) < 4.78 is 13.4. The Morgan fingerprint density at radius 2 is 2.15 bits per heavy atom. The van der Waals surface area contributed by atoms with E-state index in [2.05, 4.69) is 27.8 Å². The van der Waals surface area contributed by atoms with Crippen molar-refractivity contribution >= 4 is 27.7 Å². The van der Waals surface area contributed by atoms with Gasteiger partial charge in [0.25, 0.3) is 0 Å². The van der Waals surface area contributed by atoms with Gasteiger partial charge in [0.15, 0.2) is 0 Å². The molecule has 1 amide bonds. The van der Waals surface area contributed by atoms with Crippen LogP contribution in [0.25, 0.3) is 5.65 Å². The summed E-state index contributed by atoms with van der Waals surface area (Å²) in [4.78, 5) is 18.1. The molecule has 1 N–H and O–H groups in total. The van der Waals surface area contributed by atoms with Crippen molar-refractivity contribution in [2.45, 2.75) is 38.2 Å². The highest BCUT2D eigenvalue weighted by Crippen LogP contribution is 2.39. The van der Waals surface area contributed by atoms with Gasteiger partial charge in [0.2, 0.25) is 0 Å². The molecule has 26 heavy (non-hydrogen) atoms. The lowest BCUT2D eigenvalue weighted by Gasteiger charge is -2.38. The Labute approximate surface area is 161 Å². The number of hydrogen-bond donors (Lipinski definition) is 1. The number of carbonyl (C=O) groups excluding carboxylic acids is 1. The smallest absolute Gasteiger partial charge is 0.409 e. The highest BCUT2D eigenvalue weighted by molar-refractivity contribution is 9.10. The maximum absolute atomic E-state index is 12.1. The second-order valence-corrected chi connectivity index (χ2v) is 7.36. The van der Waals surface area contributed by atoms with Crippen LogP contribution in [0, 0.1) is 0 Å². The monoisotopic (exact) mass is 425 g/mol. The SMILES string of the molecule is CCCCOC(=O)N1CCC(O)(c2cn3c(Br)cnc3cc2OC)CC1. The fourth-order valence-electron chi connectivity index (χ4n) is 3.22.